The summed E-state index contributed by atoms with van der Waals surface area (Å²) in [7, 11) is 0. The van der Waals surface area contributed by atoms with Gasteiger partial charge in [0.2, 0.25) is 0 Å². The minimum atomic E-state index is 0.731. The Morgan fingerprint density at radius 1 is 1.64 bits per heavy atom. The van der Waals surface area contributed by atoms with E-state index in [1.54, 1.807) is 0 Å². The van der Waals surface area contributed by atoms with Crippen LogP contribution in [0, 0.1) is 5.92 Å². The van der Waals surface area contributed by atoms with Crippen LogP contribution in [0.25, 0.3) is 0 Å². The zero-order chi connectivity index (χ0) is 8.27. The van der Waals surface area contributed by atoms with Crippen molar-refractivity contribution in [2.75, 3.05) is 6.54 Å². The lowest BCUT2D eigenvalue weighted by molar-refractivity contribution is 0.500. The molecule has 1 atom stereocenters. The van der Waals surface area contributed by atoms with E-state index in [-0.39, 0.29) is 0 Å². The maximum atomic E-state index is 3.87. The van der Waals surface area contributed by atoms with Gasteiger partial charge in [-0.25, -0.2) is 0 Å². The van der Waals surface area contributed by atoms with Crippen LogP contribution in [-0.2, 0) is 0 Å². The molecule has 1 N–H and O–H groups in total. The maximum Gasteiger partial charge on any atom is 0.00671 e. The van der Waals surface area contributed by atoms with E-state index in [4.69, 9.17) is 0 Å². The van der Waals surface area contributed by atoms with Crippen LogP contribution in [-0.4, -0.2) is 12.6 Å². The minimum absolute atomic E-state index is 0.731. The Morgan fingerprint density at radius 3 is 2.73 bits per heavy atom. The second kappa shape index (κ2) is 3.91. The van der Waals surface area contributed by atoms with Crippen LogP contribution < -0.4 is 5.32 Å². The van der Waals surface area contributed by atoms with E-state index in [2.05, 4.69) is 25.7 Å². The zero-order valence-electron chi connectivity index (χ0n) is 7.69. The molecule has 0 aromatic carbocycles. The van der Waals surface area contributed by atoms with Gasteiger partial charge in [0.05, 0.1) is 0 Å². The molecule has 0 amide bonds. The van der Waals surface area contributed by atoms with Crippen LogP contribution in [0.2, 0.25) is 0 Å². The highest BCUT2D eigenvalue weighted by Crippen LogP contribution is 2.32. The predicted molar refractivity (Wildman–Crippen MR) is 49.6 cm³/mol. The molecule has 1 unspecified atom stereocenters. The fourth-order valence-corrected chi connectivity index (χ4v) is 1.28. The summed E-state index contributed by atoms with van der Waals surface area (Å²) in [6, 6.07) is 0.731. The molecule has 1 nitrogen and oxygen atoms in total. The summed E-state index contributed by atoms with van der Waals surface area (Å²) in [5.74, 6) is 0.972. The normalized spacial score (nSPS) is 19.8. The van der Waals surface area contributed by atoms with Crippen LogP contribution >= 0.6 is 0 Å². The monoisotopic (exact) mass is 153 g/mol. The topological polar surface area (TPSA) is 12.0 Å². The van der Waals surface area contributed by atoms with Gasteiger partial charge in [-0.05, 0) is 45.6 Å². The van der Waals surface area contributed by atoms with Gasteiger partial charge in [0.25, 0.3) is 0 Å². The molecule has 0 aromatic rings. The lowest BCUT2D eigenvalue weighted by atomic mass is 10.2. The highest BCUT2D eigenvalue weighted by molar-refractivity contribution is 4.90. The van der Waals surface area contributed by atoms with Crippen molar-refractivity contribution in [2.24, 2.45) is 5.92 Å². The van der Waals surface area contributed by atoms with E-state index >= 15 is 0 Å². The Balaban J connectivity index is 1.97. The van der Waals surface area contributed by atoms with Crippen molar-refractivity contribution in [1.29, 1.82) is 0 Å². The number of hydrogen-bond acceptors (Lipinski definition) is 1. The number of hydrogen-bond donors (Lipinski definition) is 1. The van der Waals surface area contributed by atoms with Gasteiger partial charge in [-0.3, -0.25) is 0 Å². The molecule has 64 valence electrons. The molecule has 0 radical (unpaired) electrons. The summed E-state index contributed by atoms with van der Waals surface area (Å²) in [5.41, 5.74) is 1.28. The quantitative estimate of drug-likeness (QED) is 0.598. The van der Waals surface area contributed by atoms with Gasteiger partial charge in [0, 0.05) is 6.04 Å². The first-order chi connectivity index (χ1) is 5.20. The SMILES string of the molecule is C=C(C)CCNC(C)C1CC1. The average molecular weight is 153 g/mol. The second-order valence-corrected chi connectivity index (χ2v) is 3.79. The van der Waals surface area contributed by atoms with Crippen LogP contribution in [0.4, 0.5) is 0 Å². The van der Waals surface area contributed by atoms with Gasteiger partial charge in [-0.2, -0.15) is 0 Å². The molecule has 0 heterocycles. The first-order valence-corrected chi connectivity index (χ1v) is 4.58. The smallest absolute Gasteiger partial charge is 0.00671 e. The Kier molecular flexibility index (Phi) is 3.13. The Bertz CT molecular complexity index is 136. The minimum Gasteiger partial charge on any atom is -0.314 e. The molecule has 1 rings (SSSR count). The average Bonchev–Trinajstić information content (AvgIpc) is 2.66. The second-order valence-electron chi connectivity index (χ2n) is 3.79. The standard InChI is InChI=1S/C10H19N/c1-8(2)6-7-11-9(3)10-4-5-10/h9-11H,1,4-7H2,2-3H3. The van der Waals surface area contributed by atoms with Crippen molar-refractivity contribution >= 4 is 0 Å². The largest absolute Gasteiger partial charge is 0.314 e. The molecule has 0 spiro atoms. The summed E-state index contributed by atoms with van der Waals surface area (Å²) in [6.07, 6.45) is 3.99. The third-order valence-corrected chi connectivity index (χ3v) is 2.35. The van der Waals surface area contributed by atoms with Crippen molar-refractivity contribution in [2.45, 2.75) is 39.2 Å². The number of rotatable bonds is 5. The Labute approximate surface area is 69.9 Å². The zero-order valence-corrected chi connectivity index (χ0v) is 7.69. The Morgan fingerprint density at radius 2 is 2.27 bits per heavy atom. The molecule has 1 heteroatoms. The lowest BCUT2D eigenvalue weighted by Gasteiger charge is -2.11. The third-order valence-electron chi connectivity index (χ3n) is 2.35. The molecule has 1 saturated carbocycles. The highest BCUT2D eigenvalue weighted by atomic mass is 14.9. The molecule has 1 aliphatic carbocycles. The molecule has 1 fully saturated rings. The lowest BCUT2D eigenvalue weighted by Crippen LogP contribution is -2.28. The third kappa shape index (κ3) is 3.57. The van der Waals surface area contributed by atoms with Crippen LogP contribution in [0.15, 0.2) is 12.2 Å². The van der Waals surface area contributed by atoms with E-state index in [9.17, 15) is 0 Å². The molecular formula is C10H19N. The molecule has 1 aliphatic rings. The molecule has 0 bridgehead atoms. The van der Waals surface area contributed by atoms with Crippen molar-refractivity contribution in [3.05, 3.63) is 12.2 Å². The van der Waals surface area contributed by atoms with Gasteiger partial charge < -0.3 is 5.32 Å². The van der Waals surface area contributed by atoms with Crippen LogP contribution in [0.3, 0.4) is 0 Å². The van der Waals surface area contributed by atoms with Crippen LogP contribution in [0.1, 0.15) is 33.1 Å². The first kappa shape index (κ1) is 8.79. The van der Waals surface area contributed by atoms with Gasteiger partial charge >= 0.3 is 0 Å². The molecule has 11 heavy (non-hydrogen) atoms. The summed E-state index contributed by atoms with van der Waals surface area (Å²) < 4.78 is 0. The van der Waals surface area contributed by atoms with Gasteiger partial charge in [0.1, 0.15) is 0 Å². The predicted octanol–water partition coefficient (Wildman–Crippen LogP) is 2.34. The van der Waals surface area contributed by atoms with Gasteiger partial charge in [-0.1, -0.05) is 5.57 Å². The van der Waals surface area contributed by atoms with Crippen molar-refractivity contribution in [1.82, 2.24) is 5.32 Å². The summed E-state index contributed by atoms with van der Waals surface area (Å²) in [4.78, 5) is 0. The van der Waals surface area contributed by atoms with Crippen molar-refractivity contribution in [3.8, 4) is 0 Å². The van der Waals surface area contributed by atoms with Gasteiger partial charge in [-0.15, -0.1) is 6.58 Å². The summed E-state index contributed by atoms with van der Waals surface area (Å²) in [5, 5.41) is 3.52. The summed E-state index contributed by atoms with van der Waals surface area (Å²) in [6.45, 7) is 9.35. The van der Waals surface area contributed by atoms with E-state index in [0.29, 0.717) is 0 Å². The fraction of sp³-hybridized carbons (Fsp3) is 0.800. The van der Waals surface area contributed by atoms with Crippen LogP contribution in [0.5, 0.6) is 0 Å². The van der Waals surface area contributed by atoms with E-state index in [0.717, 1.165) is 24.9 Å². The number of nitrogens with one attached hydrogen (secondary N) is 1. The fourth-order valence-electron chi connectivity index (χ4n) is 1.28. The summed E-state index contributed by atoms with van der Waals surface area (Å²) >= 11 is 0. The molecule has 0 aliphatic heterocycles. The highest BCUT2D eigenvalue weighted by Gasteiger charge is 2.26. The Hall–Kier alpha value is -0.300. The molecule has 0 saturated heterocycles. The van der Waals surface area contributed by atoms with Crippen molar-refractivity contribution < 1.29 is 0 Å². The first-order valence-electron chi connectivity index (χ1n) is 4.58. The molecule has 0 aromatic heterocycles. The van der Waals surface area contributed by atoms with E-state index in [1.807, 2.05) is 0 Å². The van der Waals surface area contributed by atoms with E-state index in [1.165, 1.54) is 18.4 Å². The van der Waals surface area contributed by atoms with E-state index < -0.39 is 0 Å². The van der Waals surface area contributed by atoms with Gasteiger partial charge in [0.15, 0.2) is 0 Å². The van der Waals surface area contributed by atoms with Crippen molar-refractivity contribution in [3.63, 3.8) is 0 Å². The maximum absolute atomic E-state index is 3.87. The molecular weight excluding hydrogens is 134 g/mol.